The van der Waals surface area contributed by atoms with Gasteiger partial charge in [-0.2, -0.15) is 0 Å². The van der Waals surface area contributed by atoms with E-state index in [0.29, 0.717) is 6.54 Å². The minimum Gasteiger partial charge on any atom is -0.326 e. The fraction of sp³-hybridized carbons (Fsp3) is 0.0909. The molecule has 0 saturated carbocycles. The minimum absolute atomic E-state index is 0. The highest BCUT2D eigenvalue weighted by atomic mass is 35.5. The first-order chi connectivity index (χ1) is 6.90. The standard InChI is InChI=1S/C11H11N3.ClH/c12-8-9-1-6-14-11(7-9)10-2-4-13-5-3-10;/h1-7H,8,12H2;1H. The summed E-state index contributed by atoms with van der Waals surface area (Å²) < 4.78 is 0. The molecule has 0 bridgehead atoms. The summed E-state index contributed by atoms with van der Waals surface area (Å²) in [4.78, 5) is 8.24. The van der Waals surface area contributed by atoms with Crippen LogP contribution in [0.15, 0.2) is 42.9 Å². The SMILES string of the molecule is Cl.NCc1ccnc(-c2ccncc2)c1. The molecule has 0 aliphatic heterocycles. The molecule has 2 aromatic rings. The molecule has 4 heteroatoms. The molecule has 0 aliphatic rings. The lowest BCUT2D eigenvalue weighted by Crippen LogP contribution is -1.96. The zero-order valence-electron chi connectivity index (χ0n) is 8.13. The zero-order valence-corrected chi connectivity index (χ0v) is 8.95. The Labute approximate surface area is 94.8 Å². The highest BCUT2D eigenvalue weighted by Crippen LogP contribution is 2.15. The van der Waals surface area contributed by atoms with E-state index < -0.39 is 0 Å². The zero-order chi connectivity index (χ0) is 9.80. The molecule has 0 unspecified atom stereocenters. The van der Waals surface area contributed by atoms with Crippen LogP contribution in [0.3, 0.4) is 0 Å². The van der Waals surface area contributed by atoms with Crippen LogP contribution < -0.4 is 5.73 Å². The number of nitrogens with zero attached hydrogens (tertiary/aromatic N) is 2. The minimum atomic E-state index is 0. The molecule has 2 aromatic heterocycles. The van der Waals surface area contributed by atoms with Crippen molar-refractivity contribution in [3.8, 4) is 11.3 Å². The molecule has 15 heavy (non-hydrogen) atoms. The van der Waals surface area contributed by atoms with Crippen molar-refractivity contribution in [1.82, 2.24) is 9.97 Å². The quantitative estimate of drug-likeness (QED) is 0.844. The van der Waals surface area contributed by atoms with Crippen LogP contribution >= 0.6 is 12.4 Å². The Hall–Kier alpha value is -1.45. The van der Waals surface area contributed by atoms with E-state index in [1.807, 2.05) is 24.3 Å². The lowest BCUT2D eigenvalue weighted by atomic mass is 10.1. The van der Waals surface area contributed by atoms with E-state index in [9.17, 15) is 0 Å². The average Bonchev–Trinajstić information content (AvgIpc) is 2.30. The molecule has 0 amide bonds. The van der Waals surface area contributed by atoms with Crippen molar-refractivity contribution in [2.45, 2.75) is 6.54 Å². The second-order valence-electron chi connectivity index (χ2n) is 2.99. The molecule has 2 heterocycles. The van der Waals surface area contributed by atoms with Crippen LogP contribution in [-0.2, 0) is 6.54 Å². The van der Waals surface area contributed by atoms with Crippen LogP contribution in [0, 0.1) is 0 Å². The van der Waals surface area contributed by atoms with E-state index in [1.165, 1.54) is 0 Å². The van der Waals surface area contributed by atoms with Gasteiger partial charge in [0.2, 0.25) is 0 Å². The summed E-state index contributed by atoms with van der Waals surface area (Å²) in [5.41, 5.74) is 8.65. The number of aromatic nitrogens is 2. The van der Waals surface area contributed by atoms with Crippen LogP contribution in [0.25, 0.3) is 11.3 Å². The molecular weight excluding hydrogens is 210 g/mol. The van der Waals surface area contributed by atoms with E-state index >= 15 is 0 Å². The van der Waals surface area contributed by atoms with Gasteiger partial charge in [-0.3, -0.25) is 9.97 Å². The summed E-state index contributed by atoms with van der Waals surface area (Å²) in [5.74, 6) is 0. The Morgan fingerprint density at radius 3 is 2.47 bits per heavy atom. The van der Waals surface area contributed by atoms with Crippen LogP contribution in [0.5, 0.6) is 0 Å². The van der Waals surface area contributed by atoms with Gasteiger partial charge in [0, 0.05) is 30.7 Å². The van der Waals surface area contributed by atoms with Gasteiger partial charge in [-0.05, 0) is 29.8 Å². The molecule has 0 spiro atoms. The molecule has 0 fully saturated rings. The summed E-state index contributed by atoms with van der Waals surface area (Å²) in [7, 11) is 0. The van der Waals surface area contributed by atoms with Gasteiger partial charge in [-0.1, -0.05) is 0 Å². The fourth-order valence-corrected chi connectivity index (χ4v) is 1.28. The third kappa shape index (κ3) is 2.75. The Morgan fingerprint density at radius 2 is 1.80 bits per heavy atom. The molecule has 0 aliphatic carbocycles. The molecule has 78 valence electrons. The summed E-state index contributed by atoms with van der Waals surface area (Å²) >= 11 is 0. The normalized spacial score (nSPS) is 9.40. The van der Waals surface area contributed by atoms with Gasteiger partial charge in [0.05, 0.1) is 5.69 Å². The van der Waals surface area contributed by atoms with Gasteiger partial charge in [-0.25, -0.2) is 0 Å². The van der Waals surface area contributed by atoms with Crippen molar-refractivity contribution in [1.29, 1.82) is 0 Å². The number of nitrogens with two attached hydrogens (primary N) is 1. The first kappa shape index (κ1) is 11.6. The number of halogens is 1. The third-order valence-corrected chi connectivity index (χ3v) is 2.04. The summed E-state index contributed by atoms with van der Waals surface area (Å²) in [6, 6.07) is 7.78. The topological polar surface area (TPSA) is 51.8 Å². The fourth-order valence-electron chi connectivity index (χ4n) is 1.28. The van der Waals surface area contributed by atoms with Gasteiger partial charge in [0.1, 0.15) is 0 Å². The maximum atomic E-state index is 5.56. The molecular formula is C11H12ClN3. The lowest BCUT2D eigenvalue weighted by molar-refractivity contribution is 1.06. The van der Waals surface area contributed by atoms with E-state index in [2.05, 4.69) is 9.97 Å². The van der Waals surface area contributed by atoms with E-state index in [0.717, 1.165) is 16.8 Å². The highest BCUT2D eigenvalue weighted by Gasteiger charge is 1.98. The van der Waals surface area contributed by atoms with Gasteiger partial charge < -0.3 is 5.73 Å². The second kappa shape index (κ2) is 5.44. The van der Waals surface area contributed by atoms with Gasteiger partial charge >= 0.3 is 0 Å². The maximum absolute atomic E-state index is 5.56. The van der Waals surface area contributed by atoms with Gasteiger partial charge in [0.25, 0.3) is 0 Å². The number of hydrogen-bond acceptors (Lipinski definition) is 3. The van der Waals surface area contributed by atoms with Crippen LogP contribution in [-0.4, -0.2) is 9.97 Å². The molecule has 0 atom stereocenters. The van der Waals surface area contributed by atoms with Crippen molar-refractivity contribution in [2.75, 3.05) is 0 Å². The Bertz CT molecular complexity index is 417. The van der Waals surface area contributed by atoms with Crippen LogP contribution in [0.2, 0.25) is 0 Å². The predicted octanol–water partition coefficient (Wildman–Crippen LogP) is 2.02. The summed E-state index contributed by atoms with van der Waals surface area (Å²) in [6.07, 6.45) is 5.29. The van der Waals surface area contributed by atoms with Crippen molar-refractivity contribution in [3.05, 3.63) is 48.4 Å². The number of pyridine rings is 2. The van der Waals surface area contributed by atoms with Crippen molar-refractivity contribution < 1.29 is 0 Å². The highest BCUT2D eigenvalue weighted by molar-refractivity contribution is 5.85. The Balaban J connectivity index is 0.00000112. The summed E-state index contributed by atoms with van der Waals surface area (Å²) in [5, 5.41) is 0. The Kier molecular flexibility index (Phi) is 4.21. The summed E-state index contributed by atoms with van der Waals surface area (Å²) in [6.45, 7) is 0.542. The molecule has 3 nitrogen and oxygen atoms in total. The maximum Gasteiger partial charge on any atom is 0.0706 e. The lowest BCUT2D eigenvalue weighted by Gasteiger charge is -2.01. The average molecular weight is 222 g/mol. The first-order valence-corrected chi connectivity index (χ1v) is 4.45. The number of rotatable bonds is 2. The third-order valence-electron chi connectivity index (χ3n) is 2.04. The van der Waals surface area contributed by atoms with Gasteiger partial charge in [0.15, 0.2) is 0 Å². The van der Waals surface area contributed by atoms with Crippen molar-refractivity contribution >= 4 is 12.4 Å². The van der Waals surface area contributed by atoms with E-state index in [-0.39, 0.29) is 12.4 Å². The largest absolute Gasteiger partial charge is 0.326 e. The predicted molar refractivity (Wildman–Crippen MR) is 62.6 cm³/mol. The molecule has 2 N–H and O–H groups in total. The second-order valence-corrected chi connectivity index (χ2v) is 2.99. The van der Waals surface area contributed by atoms with Gasteiger partial charge in [-0.15, -0.1) is 12.4 Å². The van der Waals surface area contributed by atoms with Crippen LogP contribution in [0.1, 0.15) is 5.56 Å². The molecule has 0 radical (unpaired) electrons. The monoisotopic (exact) mass is 221 g/mol. The van der Waals surface area contributed by atoms with E-state index in [1.54, 1.807) is 18.6 Å². The van der Waals surface area contributed by atoms with E-state index in [4.69, 9.17) is 5.73 Å². The first-order valence-electron chi connectivity index (χ1n) is 4.45. The van der Waals surface area contributed by atoms with Crippen molar-refractivity contribution in [2.24, 2.45) is 5.73 Å². The smallest absolute Gasteiger partial charge is 0.0706 e. The van der Waals surface area contributed by atoms with Crippen LogP contribution in [0.4, 0.5) is 0 Å². The van der Waals surface area contributed by atoms with Crippen molar-refractivity contribution in [3.63, 3.8) is 0 Å². The molecule has 0 aromatic carbocycles. The number of hydrogen-bond donors (Lipinski definition) is 1. The molecule has 0 saturated heterocycles. The Morgan fingerprint density at radius 1 is 1.07 bits per heavy atom. The molecule has 2 rings (SSSR count).